The summed E-state index contributed by atoms with van der Waals surface area (Å²) in [6, 6.07) is 4.78. The van der Waals surface area contributed by atoms with Crippen LogP contribution in [0.3, 0.4) is 0 Å². The van der Waals surface area contributed by atoms with Crippen molar-refractivity contribution in [1.29, 1.82) is 0 Å². The Balaban J connectivity index is 2.06. The lowest BCUT2D eigenvalue weighted by Gasteiger charge is -2.47. The molecule has 0 radical (unpaired) electrons. The minimum Gasteiger partial charge on any atom is -0.478 e. The summed E-state index contributed by atoms with van der Waals surface area (Å²) in [5, 5.41) is 12.7. The molecule has 0 amide bonds. The number of hydrogen-bond donors (Lipinski definition) is 2. The molecule has 1 fully saturated rings. The minimum absolute atomic E-state index is 0.203. The minimum atomic E-state index is -0.961. The fraction of sp³-hybridized carbons (Fsp3) is 0.500. The van der Waals surface area contributed by atoms with E-state index in [1.165, 1.54) is 25.3 Å². The van der Waals surface area contributed by atoms with Gasteiger partial charge in [-0.05, 0) is 51.6 Å². The van der Waals surface area contributed by atoms with E-state index in [4.69, 9.17) is 16.7 Å². The number of halogens is 1. The third kappa shape index (κ3) is 2.85. The molecule has 0 heterocycles. The molecule has 1 aliphatic rings. The fourth-order valence-electron chi connectivity index (χ4n) is 2.42. The van der Waals surface area contributed by atoms with E-state index in [0.29, 0.717) is 5.02 Å². The third-order valence-electron chi connectivity index (χ3n) is 4.06. The number of nitrogens with zero attached hydrogens (tertiary/aromatic N) is 1. The Morgan fingerprint density at radius 3 is 2.58 bits per heavy atom. The van der Waals surface area contributed by atoms with Crippen molar-refractivity contribution in [2.45, 2.75) is 24.8 Å². The summed E-state index contributed by atoms with van der Waals surface area (Å²) in [4.78, 5) is 13.1. The van der Waals surface area contributed by atoms with Crippen LogP contribution in [0.4, 0.5) is 5.69 Å². The summed E-state index contributed by atoms with van der Waals surface area (Å²) in [5.74, 6) is -0.961. The van der Waals surface area contributed by atoms with Gasteiger partial charge in [0.15, 0.2) is 0 Å². The van der Waals surface area contributed by atoms with Crippen LogP contribution in [0.5, 0.6) is 0 Å². The van der Waals surface area contributed by atoms with Crippen LogP contribution in [0.25, 0.3) is 0 Å². The molecule has 0 bridgehead atoms. The fourth-order valence-corrected chi connectivity index (χ4v) is 2.67. The second-order valence-electron chi connectivity index (χ2n) is 5.33. The molecule has 1 aromatic rings. The number of hydrogen-bond acceptors (Lipinski definition) is 3. The average molecular weight is 283 g/mol. The number of carbonyl (C=O) groups is 1. The van der Waals surface area contributed by atoms with Gasteiger partial charge < -0.3 is 15.3 Å². The third-order valence-corrected chi connectivity index (χ3v) is 4.37. The van der Waals surface area contributed by atoms with Crippen molar-refractivity contribution >= 4 is 23.3 Å². The highest BCUT2D eigenvalue weighted by molar-refractivity contribution is 6.33. The van der Waals surface area contributed by atoms with Crippen molar-refractivity contribution in [3.63, 3.8) is 0 Å². The quantitative estimate of drug-likeness (QED) is 0.872. The lowest BCUT2D eigenvalue weighted by Crippen LogP contribution is -2.54. The summed E-state index contributed by atoms with van der Waals surface area (Å²) >= 11 is 6.10. The SMILES string of the molecule is CN(C)C1(CNc2ccc(C(=O)O)cc2Cl)CCC1. The molecule has 0 saturated heterocycles. The van der Waals surface area contributed by atoms with Gasteiger partial charge in [0, 0.05) is 12.1 Å². The maximum atomic E-state index is 10.8. The monoisotopic (exact) mass is 282 g/mol. The molecule has 2 rings (SSSR count). The molecule has 2 N–H and O–H groups in total. The topological polar surface area (TPSA) is 52.6 Å². The van der Waals surface area contributed by atoms with E-state index in [9.17, 15) is 4.79 Å². The van der Waals surface area contributed by atoms with Crippen LogP contribution in [-0.4, -0.2) is 42.2 Å². The van der Waals surface area contributed by atoms with E-state index >= 15 is 0 Å². The molecule has 0 unspecified atom stereocenters. The van der Waals surface area contributed by atoms with Gasteiger partial charge in [0.1, 0.15) is 0 Å². The van der Waals surface area contributed by atoms with Crippen LogP contribution in [-0.2, 0) is 0 Å². The van der Waals surface area contributed by atoms with Gasteiger partial charge in [-0.25, -0.2) is 4.79 Å². The summed E-state index contributed by atoms with van der Waals surface area (Å²) in [5.41, 5.74) is 1.20. The molecule has 0 spiro atoms. The van der Waals surface area contributed by atoms with Crippen LogP contribution in [0.15, 0.2) is 18.2 Å². The molecule has 0 aromatic heterocycles. The van der Waals surface area contributed by atoms with E-state index in [1.54, 1.807) is 12.1 Å². The maximum Gasteiger partial charge on any atom is 0.335 e. The van der Waals surface area contributed by atoms with Gasteiger partial charge in [-0.1, -0.05) is 11.6 Å². The summed E-state index contributed by atoms with van der Waals surface area (Å²) in [7, 11) is 4.19. The van der Waals surface area contributed by atoms with Gasteiger partial charge in [-0.3, -0.25) is 0 Å². The maximum absolute atomic E-state index is 10.8. The van der Waals surface area contributed by atoms with Gasteiger partial charge in [0.05, 0.1) is 16.3 Å². The molecule has 1 aromatic carbocycles. The number of carboxylic acids is 1. The number of likely N-dealkylation sites (N-methyl/N-ethyl adjacent to an activating group) is 1. The highest BCUT2D eigenvalue weighted by Crippen LogP contribution is 2.36. The summed E-state index contributed by atoms with van der Waals surface area (Å²) < 4.78 is 0. The number of benzene rings is 1. The zero-order valence-electron chi connectivity index (χ0n) is 11.2. The van der Waals surface area contributed by atoms with Crippen LogP contribution in [0, 0.1) is 0 Å². The lowest BCUT2D eigenvalue weighted by atomic mass is 9.75. The number of rotatable bonds is 5. The second kappa shape index (κ2) is 5.39. The van der Waals surface area contributed by atoms with E-state index < -0.39 is 5.97 Å². The predicted octanol–water partition coefficient (Wildman–Crippen LogP) is 2.93. The van der Waals surface area contributed by atoms with Gasteiger partial charge in [0.25, 0.3) is 0 Å². The molecule has 4 nitrogen and oxygen atoms in total. The number of carboxylic acid groups (broad SMARTS) is 1. The Labute approximate surface area is 118 Å². The summed E-state index contributed by atoms with van der Waals surface area (Å²) in [6.45, 7) is 0.826. The van der Waals surface area contributed by atoms with Gasteiger partial charge in [-0.2, -0.15) is 0 Å². The highest BCUT2D eigenvalue weighted by atomic mass is 35.5. The molecule has 0 aliphatic heterocycles. The van der Waals surface area contributed by atoms with Gasteiger partial charge in [-0.15, -0.1) is 0 Å². The predicted molar refractivity (Wildman–Crippen MR) is 77.2 cm³/mol. The zero-order chi connectivity index (χ0) is 14.0. The van der Waals surface area contributed by atoms with Crippen molar-refractivity contribution < 1.29 is 9.90 Å². The standard InChI is InChI=1S/C14H19ClN2O2/c1-17(2)14(6-3-7-14)9-16-12-5-4-10(13(18)19)8-11(12)15/h4-5,8,16H,3,6-7,9H2,1-2H3,(H,18,19). The molecule has 1 aliphatic carbocycles. The first-order chi connectivity index (χ1) is 8.94. The normalized spacial score (nSPS) is 17.1. The largest absolute Gasteiger partial charge is 0.478 e. The van der Waals surface area contributed by atoms with Crippen molar-refractivity contribution in [1.82, 2.24) is 4.90 Å². The van der Waals surface area contributed by atoms with E-state index in [2.05, 4.69) is 24.3 Å². The van der Waals surface area contributed by atoms with Gasteiger partial charge in [0.2, 0.25) is 0 Å². The van der Waals surface area contributed by atoms with Crippen LogP contribution in [0.1, 0.15) is 29.6 Å². The first-order valence-corrected chi connectivity index (χ1v) is 6.76. The summed E-state index contributed by atoms with van der Waals surface area (Å²) in [6.07, 6.45) is 3.61. The first kappa shape index (κ1) is 14.2. The van der Waals surface area contributed by atoms with Crippen LogP contribution in [0.2, 0.25) is 5.02 Å². The first-order valence-electron chi connectivity index (χ1n) is 6.39. The molecule has 5 heteroatoms. The van der Waals surface area contributed by atoms with E-state index in [1.807, 2.05) is 0 Å². The molecule has 19 heavy (non-hydrogen) atoms. The van der Waals surface area contributed by atoms with Crippen molar-refractivity contribution in [2.24, 2.45) is 0 Å². The van der Waals surface area contributed by atoms with Gasteiger partial charge >= 0.3 is 5.97 Å². The second-order valence-corrected chi connectivity index (χ2v) is 5.73. The molecule has 1 saturated carbocycles. The van der Waals surface area contributed by atoms with E-state index in [0.717, 1.165) is 12.2 Å². The van der Waals surface area contributed by atoms with Crippen molar-refractivity contribution in [3.05, 3.63) is 28.8 Å². The molecular formula is C14H19ClN2O2. The molecular weight excluding hydrogens is 264 g/mol. The molecule has 0 atom stereocenters. The Bertz CT molecular complexity index is 484. The number of aromatic carboxylic acids is 1. The number of anilines is 1. The lowest BCUT2D eigenvalue weighted by molar-refractivity contribution is 0.0696. The average Bonchev–Trinajstić information content (AvgIpc) is 2.28. The Morgan fingerprint density at radius 1 is 1.47 bits per heavy atom. The zero-order valence-corrected chi connectivity index (χ0v) is 12.0. The Morgan fingerprint density at radius 2 is 2.16 bits per heavy atom. The Kier molecular flexibility index (Phi) is 4.02. The smallest absolute Gasteiger partial charge is 0.335 e. The Hall–Kier alpha value is -1.26. The van der Waals surface area contributed by atoms with E-state index in [-0.39, 0.29) is 11.1 Å². The number of nitrogens with one attached hydrogen (secondary N) is 1. The van der Waals surface area contributed by atoms with Crippen LogP contribution >= 0.6 is 11.6 Å². The van der Waals surface area contributed by atoms with Crippen LogP contribution < -0.4 is 5.32 Å². The molecule has 104 valence electrons. The highest BCUT2D eigenvalue weighted by Gasteiger charge is 2.38. The van der Waals surface area contributed by atoms with Crippen molar-refractivity contribution in [2.75, 3.05) is 26.0 Å². The van der Waals surface area contributed by atoms with Crippen molar-refractivity contribution in [3.8, 4) is 0 Å².